The second kappa shape index (κ2) is 7.28. The van der Waals surface area contributed by atoms with Crippen LogP contribution < -0.4 is 5.73 Å². The second-order valence-electron chi connectivity index (χ2n) is 5.62. The van der Waals surface area contributed by atoms with Crippen LogP contribution in [0.1, 0.15) is 43.2 Å². The molecule has 0 saturated carbocycles. The Hall–Kier alpha value is -0.570. The smallest absolute Gasteiger partial charge is 0.0575 e. The van der Waals surface area contributed by atoms with Gasteiger partial charge in [-0.25, -0.2) is 0 Å². The minimum absolute atomic E-state index is 0.172. The SMILES string of the molecule is Cc1ccc(CC(N)CCC2CCCCO2)c(Cl)c1. The molecule has 2 atom stereocenters. The van der Waals surface area contributed by atoms with E-state index in [2.05, 4.69) is 19.1 Å². The maximum absolute atomic E-state index is 6.24. The highest BCUT2D eigenvalue weighted by Gasteiger charge is 2.15. The molecule has 2 rings (SSSR count). The van der Waals surface area contributed by atoms with Gasteiger partial charge in [-0.1, -0.05) is 23.7 Å². The molecule has 0 aliphatic carbocycles. The first kappa shape index (κ1) is 14.8. The number of halogens is 1. The largest absolute Gasteiger partial charge is 0.378 e. The molecule has 1 saturated heterocycles. The Bertz CT molecular complexity index is 402. The van der Waals surface area contributed by atoms with Crippen molar-refractivity contribution in [1.82, 2.24) is 0 Å². The predicted molar refractivity (Wildman–Crippen MR) is 80.7 cm³/mol. The van der Waals surface area contributed by atoms with Crippen molar-refractivity contribution < 1.29 is 4.74 Å². The average molecular weight is 282 g/mol. The molecule has 0 radical (unpaired) electrons. The predicted octanol–water partition coefficient (Wildman–Crippen LogP) is 3.87. The lowest BCUT2D eigenvalue weighted by atomic mass is 9.97. The van der Waals surface area contributed by atoms with Crippen LogP contribution in [-0.4, -0.2) is 18.8 Å². The van der Waals surface area contributed by atoms with Crippen LogP contribution in [0.5, 0.6) is 0 Å². The fourth-order valence-electron chi connectivity index (χ4n) is 2.64. The van der Waals surface area contributed by atoms with Crippen LogP contribution >= 0.6 is 11.6 Å². The highest BCUT2D eigenvalue weighted by molar-refractivity contribution is 6.31. The highest BCUT2D eigenvalue weighted by Crippen LogP contribution is 2.21. The van der Waals surface area contributed by atoms with Crippen molar-refractivity contribution >= 4 is 11.6 Å². The van der Waals surface area contributed by atoms with Crippen molar-refractivity contribution in [3.8, 4) is 0 Å². The Balaban J connectivity index is 1.78. The fourth-order valence-corrected chi connectivity index (χ4v) is 2.95. The normalized spacial score (nSPS) is 21.3. The molecule has 0 amide bonds. The van der Waals surface area contributed by atoms with Crippen molar-refractivity contribution in [2.45, 2.75) is 57.6 Å². The Morgan fingerprint density at radius 3 is 2.95 bits per heavy atom. The van der Waals surface area contributed by atoms with E-state index in [4.69, 9.17) is 22.1 Å². The topological polar surface area (TPSA) is 35.2 Å². The lowest BCUT2D eigenvalue weighted by molar-refractivity contribution is 0.00916. The molecule has 2 unspecified atom stereocenters. The maximum Gasteiger partial charge on any atom is 0.0575 e. The molecule has 106 valence electrons. The molecule has 1 heterocycles. The highest BCUT2D eigenvalue weighted by atomic mass is 35.5. The van der Waals surface area contributed by atoms with E-state index in [-0.39, 0.29) is 6.04 Å². The van der Waals surface area contributed by atoms with Gasteiger partial charge in [0.2, 0.25) is 0 Å². The summed E-state index contributed by atoms with van der Waals surface area (Å²) < 4.78 is 5.74. The quantitative estimate of drug-likeness (QED) is 0.889. The lowest BCUT2D eigenvalue weighted by Gasteiger charge is -2.23. The van der Waals surface area contributed by atoms with Gasteiger partial charge in [0, 0.05) is 17.7 Å². The molecular weight excluding hydrogens is 258 g/mol. The zero-order chi connectivity index (χ0) is 13.7. The zero-order valence-corrected chi connectivity index (χ0v) is 12.5. The molecule has 1 aromatic carbocycles. The van der Waals surface area contributed by atoms with E-state index >= 15 is 0 Å². The van der Waals surface area contributed by atoms with Gasteiger partial charge in [-0.2, -0.15) is 0 Å². The summed E-state index contributed by atoms with van der Waals surface area (Å²) in [6.45, 7) is 2.97. The molecule has 0 bridgehead atoms. The van der Waals surface area contributed by atoms with Gasteiger partial charge in [0.25, 0.3) is 0 Å². The van der Waals surface area contributed by atoms with Gasteiger partial charge in [0.1, 0.15) is 0 Å². The fraction of sp³-hybridized carbons (Fsp3) is 0.625. The summed E-state index contributed by atoms with van der Waals surface area (Å²) in [6.07, 6.45) is 7.06. The minimum Gasteiger partial charge on any atom is -0.378 e. The summed E-state index contributed by atoms with van der Waals surface area (Å²) in [7, 11) is 0. The Morgan fingerprint density at radius 1 is 1.42 bits per heavy atom. The molecule has 0 spiro atoms. The first-order valence-electron chi connectivity index (χ1n) is 7.27. The van der Waals surface area contributed by atoms with Crippen LogP contribution in [0.2, 0.25) is 5.02 Å². The molecule has 3 heteroatoms. The summed E-state index contributed by atoms with van der Waals surface area (Å²) in [5, 5.41) is 0.837. The van der Waals surface area contributed by atoms with E-state index in [1.54, 1.807) is 0 Å². The van der Waals surface area contributed by atoms with Crippen LogP contribution in [-0.2, 0) is 11.2 Å². The summed E-state index contributed by atoms with van der Waals surface area (Å²) in [6, 6.07) is 6.37. The van der Waals surface area contributed by atoms with Gasteiger partial charge >= 0.3 is 0 Å². The summed E-state index contributed by atoms with van der Waals surface area (Å²) in [5.41, 5.74) is 8.56. The van der Waals surface area contributed by atoms with Crippen LogP contribution in [0.4, 0.5) is 0 Å². The monoisotopic (exact) mass is 281 g/mol. The number of ether oxygens (including phenoxy) is 1. The zero-order valence-electron chi connectivity index (χ0n) is 11.7. The maximum atomic E-state index is 6.24. The van der Waals surface area contributed by atoms with E-state index < -0.39 is 0 Å². The summed E-state index contributed by atoms with van der Waals surface area (Å²) >= 11 is 6.24. The van der Waals surface area contributed by atoms with Crippen molar-refractivity contribution in [1.29, 1.82) is 0 Å². The molecule has 2 nitrogen and oxygen atoms in total. The van der Waals surface area contributed by atoms with Gasteiger partial charge < -0.3 is 10.5 Å². The number of benzene rings is 1. The molecule has 1 fully saturated rings. The summed E-state index contributed by atoms with van der Waals surface area (Å²) in [5.74, 6) is 0. The molecule has 0 aromatic heterocycles. The van der Waals surface area contributed by atoms with E-state index in [0.29, 0.717) is 6.10 Å². The first-order valence-corrected chi connectivity index (χ1v) is 7.65. The van der Waals surface area contributed by atoms with Gasteiger partial charge in [-0.15, -0.1) is 0 Å². The van der Waals surface area contributed by atoms with E-state index in [9.17, 15) is 0 Å². The van der Waals surface area contributed by atoms with Gasteiger partial charge in [-0.05, 0) is 62.6 Å². The van der Waals surface area contributed by atoms with Gasteiger partial charge in [0.05, 0.1) is 6.10 Å². The van der Waals surface area contributed by atoms with Crippen LogP contribution in [0.15, 0.2) is 18.2 Å². The molecule has 1 aromatic rings. The molecule has 2 N–H and O–H groups in total. The Labute approximate surface area is 121 Å². The van der Waals surface area contributed by atoms with E-state index in [1.807, 2.05) is 6.07 Å². The van der Waals surface area contributed by atoms with Crippen molar-refractivity contribution in [2.24, 2.45) is 5.73 Å². The van der Waals surface area contributed by atoms with Crippen LogP contribution in [0, 0.1) is 6.92 Å². The van der Waals surface area contributed by atoms with Crippen molar-refractivity contribution in [3.63, 3.8) is 0 Å². The average Bonchev–Trinajstić information content (AvgIpc) is 2.41. The van der Waals surface area contributed by atoms with Crippen molar-refractivity contribution in [3.05, 3.63) is 34.3 Å². The number of hydrogen-bond donors (Lipinski definition) is 1. The van der Waals surface area contributed by atoms with E-state index in [0.717, 1.165) is 36.5 Å². The Kier molecular flexibility index (Phi) is 5.68. The van der Waals surface area contributed by atoms with Crippen LogP contribution in [0.25, 0.3) is 0 Å². The first-order chi connectivity index (χ1) is 9.15. The second-order valence-corrected chi connectivity index (χ2v) is 6.03. The number of aryl methyl sites for hydroxylation is 1. The molecule has 19 heavy (non-hydrogen) atoms. The molecular formula is C16H24ClNO. The standard InChI is InChI=1S/C16H24ClNO/c1-12-5-6-13(16(17)10-12)11-14(18)7-8-15-4-2-3-9-19-15/h5-6,10,14-15H,2-4,7-9,11,18H2,1H3. The molecule has 1 aliphatic heterocycles. The minimum atomic E-state index is 0.172. The lowest BCUT2D eigenvalue weighted by Crippen LogP contribution is -2.27. The Morgan fingerprint density at radius 2 is 2.26 bits per heavy atom. The number of hydrogen-bond acceptors (Lipinski definition) is 2. The summed E-state index contributed by atoms with van der Waals surface area (Å²) in [4.78, 5) is 0. The van der Waals surface area contributed by atoms with Gasteiger partial charge in [0.15, 0.2) is 0 Å². The van der Waals surface area contributed by atoms with Gasteiger partial charge in [-0.3, -0.25) is 0 Å². The third-order valence-corrected chi connectivity index (χ3v) is 4.18. The van der Waals surface area contributed by atoms with Crippen LogP contribution in [0.3, 0.4) is 0 Å². The third-order valence-electron chi connectivity index (χ3n) is 3.82. The van der Waals surface area contributed by atoms with Crippen molar-refractivity contribution in [2.75, 3.05) is 6.61 Å². The number of rotatable bonds is 5. The van der Waals surface area contributed by atoms with E-state index in [1.165, 1.54) is 24.8 Å². The number of nitrogens with two attached hydrogens (primary N) is 1. The third kappa shape index (κ3) is 4.79. The molecule has 1 aliphatic rings.